The van der Waals surface area contributed by atoms with E-state index >= 15 is 0 Å². The Morgan fingerprint density at radius 1 is 1.06 bits per heavy atom. The second-order valence-corrected chi connectivity index (χ2v) is 9.27. The van der Waals surface area contributed by atoms with E-state index in [1.54, 1.807) is 24.3 Å². The Bertz CT molecular complexity index is 1090. The number of hydrogen-bond acceptors (Lipinski definition) is 6. The number of carbonyl (C=O) groups is 1. The van der Waals surface area contributed by atoms with Crippen LogP contribution in [-0.2, 0) is 14.8 Å². The Labute approximate surface area is 189 Å². The Balaban J connectivity index is 0.000000383. The highest BCUT2D eigenvalue weighted by Gasteiger charge is 2.38. The number of fused-ring (bicyclic) bond motifs is 1. The molecule has 0 aliphatic carbocycles. The third-order valence-corrected chi connectivity index (χ3v) is 6.86. The van der Waals surface area contributed by atoms with Crippen LogP contribution < -0.4 is 19.3 Å². The average molecular weight is 488 g/mol. The number of nitrogens with one attached hydrogen (secondary N) is 1. The second-order valence-electron chi connectivity index (χ2n) is 7.41. The SMILES string of the molecule is Cc1cc(N2CCNCC2)c2c(c1)N(S(=O)(=O)c1ccccc1)CCO2.O=C(O)C(F)(F)F. The molecule has 0 spiro atoms. The third-order valence-electron chi connectivity index (χ3n) is 5.03. The maximum Gasteiger partial charge on any atom is 0.490 e. The van der Waals surface area contributed by atoms with E-state index in [9.17, 15) is 21.6 Å². The lowest BCUT2D eigenvalue weighted by molar-refractivity contribution is -0.192. The Morgan fingerprint density at radius 2 is 1.64 bits per heavy atom. The number of nitrogens with zero attached hydrogens (tertiary/aromatic N) is 2. The first kappa shape index (κ1) is 24.6. The van der Waals surface area contributed by atoms with Crippen molar-refractivity contribution in [1.29, 1.82) is 0 Å². The normalized spacial score (nSPS) is 16.2. The summed E-state index contributed by atoms with van der Waals surface area (Å²) in [5.41, 5.74) is 2.64. The topological polar surface area (TPSA) is 99.2 Å². The van der Waals surface area contributed by atoms with E-state index in [0.29, 0.717) is 29.5 Å². The lowest BCUT2D eigenvalue weighted by Gasteiger charge is -2.36. The van der Waals surface area contributed by atoms with Gasteiger partial charge in [0.25, 0.3) is 10.0 Å². The van der Waals surface area contributed by atoms with Crippen LogP contribution in [0.15, 0.2) is 47.4 Å². The summed E-state index contributed by atoms with van der Waals surface area (Å²) in [5.74, 6) is -2.09. The molecule has 12 heteroatoms. The van der Waals surface area contributed by atoms with Crippen molar-refractivity contribution in [2.24, 2.45) is 0 Å². The van der Waals surface area contributed by atoms with Crippen molar-refractivity contribution in [3.05, 3.63) is 48.0 Å². The van der Waals surface area contributed by atoms with Crippen LogP contribution in [0.1, 0.15) is 5.56 Å². The van der Waals surface area contributed by atoms with Crippen molar-refractivity contribution < 1.29 is 36.2 Å². The molecular weight excluding hydrogens is 463 g/mol. The molecule has 2 aliphatic heterocycles. The van der Waals surface area contributed by atoms with Gasteiger partial charge in [0.2, 0.25) is 0 Å². The number of carboxylic acids is 1. The predicted octanol–water partition coefficient (Wildman–Crippen LogP) is 2.63. The van der Waals surface area contributed by atoms with Crippen molar-refractivity contribution in [2.75, 3.05) is 48.5 Å². The van der Waals surface area contributed by atoms with Gasteiger partial charge in [-0.2, -0.15) is 13.2 Å². The van der Waals surface area contributed by atoms with Crippen LogP contribution in [0.5, 0.6) is 5.75 Å². The van der Waals surface area contributed by atoms with E-state index in [1.807, 2.05) is 19.1 Å². The van der Waals surface area contributed by atoms with Gasteiger partial charge >= 0.3 is 12.1 Å². The standard InChI is InChI=1S/C19H23N3O3S.C2HF3O2/c1-15-13-17(21-9-7-20-8-10-21)19-18(14-15)22(11-12-25-19)26(23,24)16-5-3-2-4-6-16;3-2(4,5)1(6)7/h2-6,13-14,20H,7-12H2,1H3;(H,6,7). The first-order valence-electron chi connectivity index (χ1n) is 10.1. The minimum atomic E-state index is -5.08. The summed E-state index contributed by atoms with van der Waals surface area (Å²) in [7, 11) is -3.62. The van der Waals surface area contributed by atoms with Crippen LogP contribution in [0.2, 0.25) is 0 Å². The Hall–Kier alpha value is -2.99. The van der Waals surface area contributed by atoms with E-state index < -0.39 is 22.2 Å². The fraction of sp³-hybridized carbons (Fsp3) is 0.381. The summed E-state index contributed by atoms with van der Waals surface area (Å²) < 4.78 is 65.6. The number of ether oxygens (including phenoxy) is 1. The predicted molar refractivity (Wildman–Crippen MR) is 116 cm³/mol. The van der Waals surface area contributed by atoms with Crippen molar-refractivity contribution in [3.63, 3.8) is 0 Å². The van der Waals surface area contributed by atoms with Crippen molar-refractivity contribution in [2.45, 2.75) is 18.0 Å². The number of sulfonamides is 1. The van der Waals surface area contributed by atoms with Crippen LogP contribution in [0, 0.1) is 6.92 Å². The number of alkyl halides is 3. The Morgan fingerprint density at radius 3 is 2.21 bits per heavy atom. The van der Waals surface area contributed by atoms with Gasteiger partial charge in [0.15, 0.2) is 5.75 Å². The van der Waals surface area contributed by atoms with E-state index in [2.05, 4.69) is 16.3 Å². The summed E-state index contributed by atoms with van der Waals surface area (Å²) >= 11 is 0. The summed E-state index contributed by atoms with van der Waals surface area (Å²) in [6.45, 7) is 6.24. The molecule has 33 heavy (non-hydrogen) atoms. The molecule has 0 amide bonds. The fourth-order valence-electron chi connectivity index (χ4n) is 3.53. The highest BCUT2D eigenvalue weighted by Crippen LogP contribution is 2.43. The lowest BCUT2D eigenvalue weighted by Crippen LogP contribution is -2.44. The minimum Gasteiger partial charge on any atom is -0.487 e. The number of anilines is 2. The molecule has 0 aromatic heterocycles. The molecule has 0 unspecified atom stereocenters. The number of piperazine rings is 1. The van der Waals surface area contributed by atoms with Crippen molar-refractivity contribution in [3.8, 4) is 5.75 Å². The number of halogens is 3. The van der Waals surface area contributed by atoms with Gasteiger partial charge in [-0.05, 0) is 36.8 Å². The summed E-state index contributed by atoms with van der Waals surface area (Å²) in [4.78, 5) is 11.5. The van der Waals surface area contributed by atoms with E-state index in [-0.39, 0.29) is 0 Å². The molecule has 2 N–H and O–H groups in total. The first-order chi connectivity index (χ1) is 15.5. The van der Waals surface area contributed by atoms with Gasteiger partial charge in [0, 0.05) is 26.2 Å². The molecule has 0 radical (unpaired) electrons. The number of hydrogen-bond donors (Lipinski definition) is 2. The van der Waals surface area contributed by atoms with Gasteiger partial charge in [0.1, 0.15) is 6.61 Å². The zero-order valence-corrected chi connectivity index (χ0v) is 18.6. The zero-order valence-electron chi connectivity index (χ0n) is 17.8. The number of carboxylic acid groups (broad SMARTS) is 1. The minimum absolute atomic E-state index is 0.304. The first-order valence-corrected chi connectivity index (χ1v) is 11.6. The second kappa shape index (κ2) is 9.87. The van der Waals surface area contributed by atoms with Gasteiger partial charge < -0.3 is 20.1 Å². The summed E-state index contributed by atoms with van der Waals surface area (Å²) in [6, 6.07) is 12.6. The fourth-order valence-corrected chi connectivity index (χ4v) is 4.99. The zero-order chi connectivity index (χ0) is 24.2. The van der Waals surface area contributed by atoms with Crippen LogP contribution >= 0.6 is 0 Å². The van der Waals surface area contributed by atoms with Crippen molar-refractivity contribution >= 4 is 27.4 Å². The van der Waals surface area contributed by atoms with Gasteiger partial charge in [-0.3, -0.25) is 4.31 Å². The molecule has 0 bridgehead atoms. The van der Waals surface area contributed by atoms with Crippen LogP contribution in [-0.4, -0.2) is 65.0 Å². The molecule has 2 heterocycles. The molecule has 0 saturated carbocycles. The molecule has 180 valence electrons. The van der Waals surface area contributed by atoms with Crippen molar-refractivity contribution in [1.82, 2.24) is 5.32 Å². The maximum atomic E-state index is 13.2. The molecule has 4 rings (SSSR count). The molecule has 1 saturated heterocycles. The van der Waals surface area contributed by atoms with Gasteiger partial charge in [-0.15, -0.1) is 0 Å². The maximum absolute atomic E-state index is 13.2. The number of benzene rings is 2. The average Bonchev–Trinajstić information content (AvgIpc) is 2.79. The van der Waals surface area contributed by atoms with Crippen LogP contribution in [0.25, 0.3) is 0 Å². The Kier molecular flexibility index (Phi) is 7.38. The largest absolute Gasteiger partial charge is 0.490 e. The molecule has 2 aliphatic rings. The highest BCUT2D eigenvalue weighted by atomic mass is 32.2. The van der Waals surface area contributed by atoms with Gasteiger partial charge in [-0.1, -0.05) is 18.2 Å². The van der Waals surface area contributed by atoms with Crippen LogP contribution in [0.3, 0.4) is 0 Å². The third kappa shape index (κ3) is 5.69. The van der Waals surface area contributed by atoms with E-state index in [0.717, 1.165) is 37.4 Å². The monoisotopic (exact) mass is 487 g/mol. The molecular formula is C21H24F3N3O5S. The number of rotatable bonds is 3. The molecule has 2 aromatic carbocycles. The number of aliphatic carboxylic acids is 1. The van der Waals surface area contributed by atoms with Gasteiger partial charge in [0.05, 0.1) is 22.8 Å². The molecule has 1 fully saturated rings. The number of aryl methyl sites for hydroxylation is 1. The van der Waals surface area contributed by atoms with Crippen LogP contribution in [0.4, 0.5) is 24.5 Å². The summed E-state index contributed by atoms with van der Waals surface area (Å²) in [6.07, 6.45) is -5.08. The lowest BCUT2D eigenvalue weighted by atomic mass is 10.1. The molecule has 2 aromatic rings. The van der Waals surface area contributed by atoms with E-state index in [4.69, 9.17) is 14.6 Å². The molecule has 0 atom stereocenters. The summed E-state index contributed by atoms with van der Waals surface area (Å²) in [5, 5.41) is 10.5. The smallest absolute Gasteiger partial charge is 0.487 e. The highest BCUT2D eigenvalue weighted by molar-refractivity contribution is 7.92. The quantitative estimate of drug-likeness (QED) is 0.687. The molecule has 8 nitrogen and oxygen atoms in total. The van der Waals surface area contributed by atoms with E-state index in [1.165, 1.54) is 4.31 Å². The van der Waals surface area contributed by atoms with Gasteiger partial charge in [-0.25, -0.2) is 13.2 Å².